The third-order valence-electron chi connectivity index (χ3n) is 2.74. The van der Waals surface area contributed by atoms with Crippen LogP contribution >= 0.6 is 15.9 Å². The summed E-state index contributed by atoms with van der Waals surface area (Å²) in [7, 11) is 1.80. The summed E-state index contributed by atoms with van der Waals surface area (Å²) in [6.45, 7) is 1.66. The summed E-state index contributed by atoms with van der Waals surface area (Å²) in [5.74, 6) is 0.0963. The van der Waals surface area contributed by atoms with Crippen LogP contribution in [0.25, 0.3) is 0 Å². The molecule has 2 N–H and O–H groups in total. The number of rotatable bonds is 2. The molecule has 0 aliphatic carbocycles. The molecule has 0 fully saturated rings. The Labute approximate surface area is 103 Å². The van der Waals surface area contributed by atoms with Crippen LogP contribution in [0.15, 0.2) is 22.7 Å². The second-order valence-corrected chi connectivity index (χ2v) is 4.71. The van der Waals surface area contributed by atoms with E-state index in [-0.39, 0.29) is 5.91 Å². The minimum atomic E-state index is 0.0963. The molecule has 2 rings (SSSR count). The van der Waals surface area contributed by atoms with Crippen LogP contribution in [0.1, 0.15) is 0 Å². The number of amides is 1. The lowest BCUT2D eigenvalue weighted by atomic mass is 10.1. The van der Waals surface area contributed by atoms with Gasteiger partial charge in [0, 0.05) is 24.6 Å². The van der Waals surface area contributed by atoms with Crippen molar-refractivity contribution in [3.8, 4) is 0 Å². The van der Waals surface area contributed by atoms with Gasteiger partial charge in [0.1, 0.15) is 0 Å². The molecule has 0 spiro atoms. The van der Waals surface area contributed by atoms with Gasteiger partial charge in [0.2, 0.25) is 5.91 Å². The lowest BCUT2D eigenvalue weighted by Crippen LogP contribution is -2.45. The Morgan fingerprint density at radius 1 is 1.44 bits per heavy atom. The van der Waals surface area contributed by atoms with Crippen molar-refractivity contribution >= 4 is 33.2 Å². The largest absolute Gasteiger partial charge is 0.359 e. The summed E-state index contributed by atoms with van der Waals surface area (Å²) in [4.78, 5) is 15.5. The number of nitrogens with zero attached hydrogens (tertiary/aromatic N) is 2. The van der Waals surface area contributed by atoms with E-state index < -0.39 is 0 Å². The number of fused-ring (bicyclic) bond motifs is 1. The number of hydrogen-bond donors (Lipinski definition) is 1. The van der Waals surface area contributed by atoms with Crippen molar-refractivity contribution in [2.75, 3.05) is 36.5 Å². The molecule has 1 heterocycles. The number of hydrogen-bond acceptors (Lipinski definition) is 3. The highest BCUT2D eigenvalue weighted by molar-refractivity contribution is 9.10. The lowest BCUT2D eigenvalue weighted by molar-refractivity contribution is -0.117. The molecule has 0 radical (unpaired) electrons. The summed E-state index contributed by atoms with van der Waals surface area (Å²) in [5, 5.41) is 0. The summed E-state index contributed by atoms with van der Waals surface area (Å²) in [6.07, 6.45) is 0. The topological polar surface area (TPSA) is 49.6 Å². The molecule has 0 saturated heterocycles. The van der Waals surface area contributed by atoms with Crippen LogP contribution in [-0.2, 0) is 4.79 Å². The van der Waals surface area contributed by atoms with E-state index in [0.29, 0.717) is 19.6 Å². The van der Waals surface area contributed by atoms with Gasteiger partial charge in [-0.25, -0.2) is 0 Å². The van der Waals surface area contributed by atoms with Crippen LogP contribution in [0.3, 0.4) is 0 Å². The number of carbonyl (C=O) groups excluding carboxylic acids is 1. The number of likely N-dealkylation sites (N-methyl/N-ethyl adjacent to an activating group) is 1. The summed E-state index contributed by atoms with van der Waals surface area (Å²) >= 11 is 3.42. The first-order valence-electron chi connectivity index (χ1n) is 5.14. The molecular formula is C11H14BrN3O. The van der Waals surface area contributed by atoms with Crippen molar-refractivity contribution in [1.29, 1.82) is 0 Å². The first-order valence-corrected chi connectivity index (χ1v) is 5.94. The Morgan fingerprint density at radius 3 is 2.88 bits per heavy atom. The molecule has 5 heteroatoms. The molecule has 1 aliphatic heterocycles. The van der Waals surface area contributed by atoms with Crippen molar-refractivity contribution in [2.45, 2.75) is 0 Å². The Hall–Kier alpha value is -1.07. The maximum Gasteiger partial charge on any atom is 0.246 e. The summed E-state index contributed by atoms with van der Waals surface area (Å²) in [6, 6.07) is 5.94. The number of carbonyl (C=O) groups is 1. The molecule has 4 nitrogen and oxygen atoms in total. The maximum absolute atomic E-state index is 11.8. The van der Waals surface area contributed by atoms with Crippen LogP contribution in [0.4, 0.5) is 11.4 Å². The van der Waals surface area contributed by atoms with Crippen molar-refractivity contribution in [3.05, 3.63) is 22.7 Å². The predicted octanol–water partition coefficient (Wildman–Crippen LogP) is 1.19. The summed E-state index contributed by atoms with van der Waals surface area (Å²) < 4.78 is 0.973. The molecule has 0 aromatic heterocycles. The molecule has 0 bridgehead atoms. The van der Waals surface area contributed by atoms with Crippen molar-refractivity contribution in [2.24, 2.45) is 5.73 Å². The lowest BCUT2D eigenvalue weighted by Gasteiger charge is -2.35. The van der Waals surface area contributed by atoms with E-state index in [4.69, 9.17) is 5.73 Å². The zero-order valence-electron chi connectivity index (χ0n) is 9.11. The van der Waals surface area contributed by atoms with E-state index in [0.717, 1.165) is 15.8 Å². The van der Waals surface area contributed by atoms with Crippen LogP contribution < -0.4 is 15.5 Å². The van der Waals surface area contributed by atoms with Crippen molar-refractivity contribution in [3.63, 3.8) is 0 Å². The first-order chi connectivity index (χ1) is 7.63. The van der Waals surface area contributed by atoms with Crippen molar-refractivity contribution in [1.82, 2.24) is 0 Å². The molecule has 1 aromatic rings. The third-order valence-corrected chi connectivity index (χ3v) is 3.23. The van der Waals surface area contributed by atoms with Gasteiger partial charge in [-0.3, -0.25) is 4.79 Å². The maximum atomic E-state index is 11.8. The molecule has 0 saturated carbocycles. The molecule has 0 unspecified atom stereocenters. The van der Waals surface area contributed by atoms with Crippen LogP contribution in [0.2, 0.25) is 0 Å². The molecule has 1 aromatic carbocycles. The fourth-order valence-electron chi connectivity index (χ4n) is 1.88. The van der Waals surface area contributed by atoms with E-state index in [2.05, 4.69) is 15.9 Å². The van der Waals surface area contributed by atoms with Gasteiger partial charge in [0.15, 0.2) is 0 Å². The number of nitrogens with two attached hydrogens (primary N) is 1. The van der Waals surface area contributed by atoms with Gasteiger partial charge in [0.05, 0.1) is 17.9 Å². The highest BCUT2D eigenvalue weighted by atomic mass is 79.9. The quantitative estimate of drug-likeness (QED) is 0.887. The zero-order valence-corrected chi connectivity index (χ0v) is 10.7. The fraction of sp³-hybridized carbons (Fsp3) is 0.364. The highest BCUT2D eigenvalue weighted by Gasteiger charge is 2.26. The smallest absolute Gasteiger partial charge is 0.246 e. The molecule has 1 aliphatic rings. The molecule has 16 heavy (non-hydrogen) atoms. The molecule has 1 amide bonds. The van der Waals surface area contributed by atoms with Gasteiger partial charge < -0.3 is 15.5 Å². The minimum Gasteiger partial charge on any atom is -0.359 e. The van der Waals surface area contributed by atoms with E-state index in [1.165, 1.54) is 0 Å². The van der Waals surface area contributed by atoms with Crippen LogP contribution in [0, 0.1) is 0 Å². The number of anilines is 2. The number of halogens is 1. The van der Waals surface area contributed by atoms with Gasteiger partial charge >= 0.3 is 0 Å². The second-order valence-electron chi connectivity index (χ2n) is 3.80. The van der Waals surface area contributed by atoms with Gasteiger partial charge in [0.25, 0.3) is 0 Å². The van der Waals surface area contributed by atoms with Gasteiger partial charge in [-0.15, -0.1) is 0 Å². The molecule has 0 atom stereocenters. The Bertz CT molecular complexity index is 422. The van der Waals surface area contributed by atoms with E-state index in [1.807, 2.05) is 23.1 Å². The van der Waals surface area contributed by atoms with Crippen LogP contribution in [0.5, 0.6) is 0 Å². The molecular weight excluding hydrogens is 270 g/mol. The Balaban J connectivity index is 2.45. The van der Waals surface area contributed by atoms with Crippen LogP contribution in [-0.4, -0.2) is 32.6 Å². The Kier molecular flexibility index (Phi) is 3.16. The average Bonchev–Trinajstić information content (AvgIpc) is 2.26. The average molecular weight is 284 g/mol. The minimum absolute atomic E-state index is 0.0963. The highest BCUT2D eigenvalue weighted by Crippen LogP contribution is 2.34. The van der Waals surface area contributed by atoms with Crippen molar-refractivity contribution < 1.29 is 4.79 Å². The van der Waals surface area contributed by atoms with Gasteiger partial charge in [-0.1, -0.05) is 15.9 Å². The second kappa shape index (κ2) is 4.43. The van der Waals surface area contributed by atoms with E-state index in [1.54, 1.807) is 11.9 Å². The van der Waals surface area contributed by atoms with Gasteiger partial charge in [-0.2, -0.15) is 0 Å². The zero-order chi connectivity index (χ0) is 11.7. The SMILES string of the molecule is CN1C(=O)CN(CCN)c2ccc(Br)cc21. The van der Waals surface area contributed by atoms with E-state index >= 15 is 0 Å². The third kappa shape index (κ3) is 1.92. The fourth-order valence-corrected chi connectivity index (χ4v) is 2.23. The summed E-state index contributed by atoms with van der Waals surface area (Å²) in [5.41, 5.74) is 7.55. The normalized spacial score (nSPS) is 15.3. The van der Waals surface area contributed by atoms with Gasteiger partial charge in [-0.05, 0) is 18.2 Å². The standard InChI is InChI=1S/C11H14BrN3O/c1-14-10-6-8(12)2-3-9(10)15(5-4-13)7-11(14)16/h2-3,6H,4-5,7,13H2,1H3. The first kappa shape index (κ1) is 11.4. The Morgan fingerprint density at radius 2 is 2.19 bits per heavy atom. The number of benzene rings is 1. The van der Waals surface area contributed by atoms with E-state index in [9.17, 15) is 4.79 Å². The molecule has 86 valence electrons. The predicted molar refractivity (Wildman–Crippen MR) is 68.8 cm³/mol. The monoisotopic (exact) mass is 283 g/mol.